The molecule has 0 saturated carbocycles. The fourth-order valence-corrected chi connectivity index (χ4v) is 2.99. The van der Waals surface area contributed by atoms with Crippen LogP contribution in [-0.4, -0.2) is 36.1 Å². The number of nitrogens with two attached hydrogens (primary N) is 1. The summed E-state index contributed by atoms with van der Waals surface area (Å²) in [4.78, 5) is 6.55. The van der Waals surface area contributed by atoms with E-state index < -0.39 is 5.82 Å². The second-order valence-corrected chi connectivity index (χ2v) is 5.59. The van der Waals surface area contributed by atoms with Crippen molar-refractivity contribution < 1.29 is 9.13 Å². The van der Waals surface area contributed by atoms with Crippen molar-refractivity contribution in [1.29, 1.82) is 0 Å². The molecule has 2 aromatic rings. The van der Waals surface area contributed by atoms with Crippen LogP contribution in [0.1, 0.15) is 19.3 Å². The fraction of sp³-hybridized carbons (Fsp3) is 0.438. The van der Waals surface area contributed by atoms with E-state index in [0.717, 1.165) is 18.4 Å². The molecule has 112 valence electrons. The Kier molecular flexibility index (Phi) is 3.92. The van der Waals surface area contributed by atoms with Crippen LogP contribution in [0.15, 0.2) is 24.4 Å². The lowest BCUT2D eigenvalue weighted by Gasteiger charge is -2.19. The minimum atomic E-state index is -0.446. The van der Waals surface area contributed by atoms with Crippen molar-refractivity contribution in [3.8, 4) is 5.75 Å². The van der Waals surface area contributed by atoms with E-state index in [1.165, 1.54) is 18.9 Å². The molecule has 1 fully saturated rings. The summed E-state index contributed by atoms with van der Waals surface area (Å²) in [7, 11) is 2.12. The predicted octanol–water partition coefficient (Wildman–Crippen LogP) is 2.82. The minimum absolute atomic E-state index is 0.209. The standard InChI is InChI=1S/C16H20FN3O/c1-20-8-3-4-11(20)6-9-21-16-13(17)10-14(18)12-5-2-7-19-15(12)16/h2,5,7,10-11H,3-4,6,8-9,18H2,1H3. The summed E-state index contributed by atoms with van der Waals surface area (Å²) in [6.45, 7) is 1.62. The van der Waals surface area contributed by atoms with Gasteiger partial charge in [0.05, 0.1) is 6.61 Å². The maximum absolute atomic E-state index is 14.1. The Balaban J connectivity index is 1.77. The summed E-state index contributed by atoms with van der Waals surface area (Å²) in [6, 6.07) is 5.45. The highest BCUT2D eigenvalue weighted by atomic mass is 19.1. The number of nitrogens with zero attached hydrogens (tertiary/aromatic N) is 2. The second-order valence-electron chi connectivity index (χ2n) is 5.59. The van der Waals surface area contributed by atoms with Gasteiger partial charge in [0.15, 0.2) is 11.6 Å². The van der Waals surface area contributed by atoms with E-state index >= 15 is 0 Å². The first-order valence-corrected chi connectivity index (χ1v) is 7.32. The van der Waals surface area contributed by atoms with Crippen LogP contribution in [0.3, 0.4) is 0 Å². The van der Waals surface area contributed by atoms with Gasteiger partial charge in [0.25, 0.3) is 0 Å². The number of ether oxygens (including phenoxy) is 1. The molecule has 1 unspecified atom stereocenters. The minimum Gasteiger partial charge on any atom is -0.488 e. The largest absolute Gasteiger partial charge is 0.488 e. The van der Waals surface area contributed by atoms with Gasteiger partial charge in [-0.1, -0.05) is 0 Å². The van der Waals surface area contributed by atoms with E-state index in [1.807, 2.05) is 6.07 Å². The molecule has 1 aliphatic rings. The normalized spacial score (nSPS) is 19.2. The van der Waals surface area contributed by atoms with E-state index in [4.69, 9.17) is 10.5 Å². The molecule has 1 aromatic heterocycles. The second kappa shape index (κ2) is 5.85. The molecule has 0 aliphatic carbocycles. The van der Waals surface area contributed by atoms with Crippen LogP contribution in [0.5, 0.6) is 5.75 Å². The molecule has 1 aromatic carbocycles. The molecule has 1 aliphatic heterocycles. The number of aromatic nitrogens is 1. The first-order chi connectivity index (χ1) is 10.2. The third-order valence-corrected chi connectivity index (χ3v) is 4.20. The van der Waals surface area contributed by atoms with Crippen LogP contribution in [0, 0.1) is 5.82 Å². The topological polar surface area (TPSA) is 51.4 Å². The number of fused-ring (bicyclic) bond motifs is 1. The highest BCUT2D eigenvalue weighted by Crippen LogP contribution is 2.31. The molecule has 0 spiro atoms. The molecule has 1 saturated heterocycles. The Morgan fingerprint density at radius 2 is 2.38 bits per heavy atom. The number of pyridine rings is 1. The summed E-state index contributed by atoms with van der Waals surface area (Å²) in [5, 5.41) is 0.729. The average Bonchev–Trinajstić information content (AvgIpc) is 2.88. The lowest BCUT2D eigenvalue weighted by Crippen LogP contribution is -2.26. The molecule has 0 amide bonds. The molecule has 1 atom stereocenters. The molecule has 5 heteroatoms. The Morgan fingerprint density at radius 1 is 1.52 bits per heavy atom. The van der Waals surface area contributed by atoms with Gasteiger partial charge in [0.2, 0.25) is 0 Å². The average molecular weight is 289 g/mol. The Bertz CT molecular complexity index is 647. The number of halogens is 1. The Hall–Kier alpha value is -1.88. The van der Waals surface area contributed by atoms with Gasteiger partial charge in [-0.2, -0.15) is 0 Å². The maximum Gasteiger partial charge on any atom is 0.181 e. The van der Waals surface area contributed by atoms with Gasteiger partial charge in [0, 0.05) is 29.4 Å². The third-order valence-electron chi connectivity index (χ3n) is 4.20. The Morgan fingerprint density at radius 3 is 3.14 bits per heavy atom. The quantitative estimate of drug-likeness (QED) is 0.879. The van der Waals surface area contributed by atoms with E-state index in [2.05, 4.69) is 16.9 Å². The number of hydrogen-bond acceptors (Lipinski definition) is 4. The first-order valence-electron chi connectivity index (χ1n) is 7.32. The van der Waals surface area contributed by atoms with E-state index in [-0.39, 0.29) is 5.75 Å². The number of benzene rings is 1. The Labute approximate surface area is 123 Å². The smallest absolute Gasteiger partial charge is 0.181 e. The lowest BCUT2D eigenvalue weighted by atomic mass is 10.1. The number of likely N-dealkylation sites (tertiary alicyclic amines) is 1. The number of nitrogen functional groups attached to an aromatic ring is 1. The number of anilines is 1. The molecule has 0 radical (unpaired) electrons. The SMILES string of the molecule is CN1CCCC1CCOc1c(F)cc(N)c2cccnc12. The monoisotopic (exact) mass is 289 g/mol. The van der Waals surface area contributed by atoms with Crippen molar-refractivity contribution in [3.05, 3.63) is 30.2 Å². The zero-order valence-electron chi connectivity index (χ0n) is 12.2. The fourth-order valence-electron chi connectivity index (χ4n) is 2.99. The number of rotatable bonds is 4. The van der Waals surface area contributed by atoms with Crippen molar-refractivity contribution in [2.45, 2.75) is 25.3 Å². The van der Waals surface area contributed by atoms with Crippen LogP contribution in [0.2, 0.25) is 0 Å². The van der Waals surface area contributed by atoms with E-state index in [9.17, 15) is 4.39 Å². The predicted molar refractivity (Wildman–Crippen MR) is 81.9 cm³/mol. The van der Waals surface area contributed by atoms with Gasteiger partial charge in [-0.05, 0) is 45.0 Å². The number of hydrogen-bond donors (Lipinski definition) is 1. The van der Waals surface area contributed by atoms with Gasteiger partial charge < -0.3 is 15.4 Å². The van der Waals surface area contributed by atoms with Crippen LogP contribution in [0.25, 0.3) is 10.9 Å². The molecule has 3 rings (SSSR count). The molecule has 4 nitrogen and oxygen atoms in total. The molecule has 0 bridgehead atoms. The summed E-state index contributed by atoms with van der Waals surface area (Å²) >= 11 is 0. The lowest BCUT2D eigenvalue weighted by molar-refractivity contribution is 0.229. The van der Waals surface area contributed by atoms with Crippen molar-refractivity contribution in [2.75, 3.05) is 25.9 Å². The van der Waals surface area contributed by atoms with Crippen molar-refractivity contribution in [1.82, 2.24) is 9.88 Å². The van der Waals surface area contributed by atoms with Gasteiger partial charge in [0.1, 0.15) is 5.52 Å². The van der Waals surface area contributed by atoms with Crippen LogP contribution in [0.4, 0.5) is 10.1 Å². The summed E-state index contributed by atoms with van der Waals surface area (Å²) in [5.41, 5.74) is 6.71. The van der Waals surface area contributed by atoms with Gasteiger partial charge in [-0.25, -0.2) is 4.39 Å². The molecule has 21 heavy (non-hydrogen) atoms. The maximum atomic E-state index is 14.1. The zero-order valence-corrected chi connectivity index (χ0v) is 12.2. The molecule has 2 N–H and O–H groups in total. The first kappa shape index (κ1) is 14.1. The molecular weight excluding hydrogens is 269 g/mol. The van der Waals surface area contributed by atoms with Crippen molar-refractivity contribution in [2.24, 2.45) is 0 Å². The van der Waals surface area contributed by atoms with E-state index in [0.29, 0.717) is 23.9 Å². The highest BCUT2D eigenvalue weighted by molar-refractivity contribution is 5.94. The van der Waals surface area contributed by atoms with E-state index in [1.54, 1.807) is 12.3 Å². The summed E-state index contributed by atoms with van der Waals surface area (Å²) in [6.07, 6.45) is 4.93. The van der Waals surface area contributed by atoms with Gasteiger partial charge in [-0.3, -0.25) is 4.98 Å². The van der Waals surface area contributed by atoms with Crippen molar-refractivity contribution >= 4 is 16.6 Å². The van der Waals surface area contributed by atoms with Crippen LogP contribution < -0.4 is 10.5 Å². The van der Waals surface area contributed by atoms with Gasteiger partial charge >= 0.3 is 0 Å². The third kappa shape index (κ3) is 2.78. The summed E-state index contributed by atoms with van der Waals surface area (Å²) in [5.74, 6) is -0.237. The molecular formula is C16H20FN3O. The van der Waals surface area contributed by atoms with Crippen LogP contribution in [-0.2, 0) is 0 Å². The summed E-state index contributed by atoms with van der Waals surface area (Å²) < 4.78 is 19.8. The van der Waals surface area contributed by atoms with Crippen LogP contribution >= 0.6 is 0 Å². The van der Waals surface area contributed by atoms with Crippen molar-refractivity contribution in [3.63, 3.8) is 0 Å². The highest BCUT2D eigenvalue weighted by Gasteiger charge is 2.21. The van der Waals surface area contributed by atoms with Gasteiger partial charge in [-0.15, -0.1) is 0 Å². The molecule has 2 heterocycles. The zero-order chi connectivity index (χ0) is 14.8.